The Balaban J connectivity index is 2.48. The van der Waals surface area contributed by atoms with Crippen LogP contribution < -0.4 is 0 Å². The molecule has 1 unspecified atom stereocenters. The summed E-state index contributed by atoms with van der Waals surface area (Å²) in [6.07, 6.45) is 11.5. The van der Waals surface area contributed by atoms with Crippen molar-refractivity contribution in [3.05, 3.63) is 24.3 Å². The Morgan fingerprint density at radius 1 is 1.30 bits per heavy atom. The summed E-state index contributed by atoms with van der Waals surface area (Å²) in [5, 5.41) is 0. The third-order valence-corrected chi connectivity index (χ3v) is 2.13. The van der Waals surface area contributed by atoms with Gasteiger partial charge in [0.15, 0.2) is 0 Å². The van der Waals surface area contributed by atoms with Crippen molar-refractivity contribution in [2.24, 2.45) is 11.8 Å². The second kappa shape index (κ2) is 3.60. The van der Waals surface area contributed by atoms with Gasteiger partial charge in [-0.15, -0.1) is 0 Å². The molecule has 0 radical (unpaired) electrons. The van der Waals surface area contributed by atoms with Gasteiger partial charge in [0.2, 0.25) is 0 Å². The lowest BCUT2D eigenvalue weighted by Gasteiger charge is -2.14. The van der Waals surface area contributed by atoms with Gasteiger partial charge in [-0.05, 0) is 24.7 Å². The topological polar surface area (TPSA) is 0 Å². The van der Waals surface area contributed by atoms with Crippen molar-refractivity contribution >= 4 is 0 Å². The Hall–Kier alpha value is -0.520. The standard InChI is InChI=1S/C10H16/c1-9(2)10-7-5-3-4-6-8-10/h3-5,7,9-10H,6,8H2,1-2H3. The molecule has 0 amide bonds. The minimum Gasteiger partial charge on any atom is -0.0845 e. The van der Waals surface area contributed by atoms with Crippen molar-refractivity contribution in [1.82, 2.24) is 0 Å². The van der Waals surface area contributed by atoms with Gasteiger partial charge in [0, 0.05) is 0 Å². The summed E-state index contributed by atoms with van der Waals surface area (Å²) in [5.41, 5.74) is 0. The SMILES string of the molecule is CC(C)C1C=CC=CCC1. The second-order valence-electron chi connectivity index (χ2n) is 3.30. The number of hydrogen-bond donors (Lipinski definition) is 0. The molecular weight excluding hydrogens is 120 g/mol. The summed E-state index contributed by atoms with van der Waals surface area (Å²) in [5.74, 6) is 1.60. The summed E-state index contributed by atoms with van der Waals surface area (Å²) in [6.45, 7) is 4.58. The van der Waals surface area contributed by atoms with Crippen LogP contribution in [0, 0.1) is 11.8 Å². The molecule has 0 N–H and O–H groups in total. The van der Waals surface area contributed by atoms with Crippen LogP contribution in [-0.2, 0) is 0 Å². The molecule has 0 aromatic carbocycles. The maximum absolute atomic E-state index is 2.33. The molecule has 0 aromatic rings. The molecule has 0 heteroatoms. The van der Waals surface area contributed by atoms with E-state index in [0.29, 0.717) is 0 Å². The maximum atomic E-state index is 2.33. The van der Waals surface area contributed by atoms with Gasteiger partial charge in [0.25, 0.3) is 0 Å². The van der Waals surface area contributed by atoms with Gasteiger partial charge in [-0.25, -0.2) is 0 Å². The highest BCUT2D eigenvalue weighted by Gasteiger charge is 2.08. The summed E-state index contributed by atoms with van der Waals surface area (Å²) in [4.78, 5) is 0. The molecule has 0 aromatic heterocycles. The first-order valence-electron chi connectivity index (χ1n) is 4.14. The van der Waals surface area contributed by atoms with E-state index in [2.05, 4.69) is 38.2 Å². The average Bonchev–Trinajstić information content (AvgIpc) is 2.12. The fourth-order valence-electron chi connectivity index (χ4n) is 1.32. The highest BCUT2D eigenvalue weighted by molar-refractivity contribution is 5.07. The molecule has 0 fully saturated rings. The molecule has 1 atom stereocenters. The first-order chi connectivity index (χ1) is 4.80. The van der Waals surface area contributed by atoms with Crippen LogP contribution >= 0.6 is 0 Å². The van der Waals surface area contributed by atoms with E-state index < -0.39 is 0 Å². The van der Waals surface area contributed by atoms with Crippen LogP contribution in [0.3, 0.4) is 0 Å². The van der Waals surface area contributed by atoms with E-state index in [1.807, 2.05) is 0 Å². The number of hydrogen-bond acceptors (Lipinski definition) is 0. The van der Waals surface area contributed by atoms with Crippen molar-refractivity contribution in [3.63, 3.8) is 0 Å². The fraction of sp³-hybridized carbons (Fsp3) is 0.600. The van der Waals surface area contributed by atoms with E-state index in [-0.39, 0.29) is 0 Å². The average molecular weight is 136 g/mol. The monoisotopic (exact) mass is 136 g/mol. The molecule has 0 heterocycles. The van der Waals surface area contributed by atoms with E-state index in [9.17, 15) is 0 Å². The van der Waals surface area contributed by atoms with E-state index in [1.54, 1.807) is 0 Å². The fourth-order valence-corrected chi connectivity index (χ4v) is 1.32. The van der Waals surface area contributed by atoms with Crippen molar-refractivity contribution in [3.8, 4) is 0 Å². The largest absolute Gasteiger partial charge is 0.0845 e. The maximum Gasteiger partial charge on any atom is -0.0204 e. The molecule has 0 bridgehead atoms. The van der Waals surface area contributed by atoms with Crippen LogP contribution in [0.1, 0.15) is 26.7 Å². The van der Waals surface area contributed by atoms with E-state index in [1.165, 1.54) is 12.8 Å². The Morgan fingerprint density at radius 3 is 2.80 bits per heavy atom. The lowest BCUT2D eigenvalue weighted by Crippen LogP contribution is -2.03. The summed E-state index contributed by atoms with van der Waals surface area (Å²) in [6, 6.07) is 0. The first kappa shape index (κ1) is 7.59. The van der Waals surface area contributed by atoms with Crippen LogP contribution in [0.15, 0.2) is 24.3 Å². The zero-order valence-electron chi connectivity index (χ0n) is 6.88. The van der Waals surface area contributed by atoms with Crippen molar-refractivity contribution in [2.45, 2.75) is 26.7 Å². The number of rotatable bonds is 1. The Morgan fingerprint density at radius 2 is 2.10 bits per heavy atom. The van der Waals surface area contributed by atoms with Crippen molar-refractivity contribution < 1.29 is 0 Å². The minimum atomic E-state index is 0.801. The van der Waals surface area contributed by atoms with Gasteiger partial charge < -0.3 is 0 Å². The molecule has 0 saturated heterocycles. The Labute approximate surface area is 63.6 Å². The predicted molar refractivity (Wildman–Crippen MR) is 45.8 cm³/mol. The zero-order chi connectivity index (χ0) is 7.40. The molecule has 0 aliphatic heterocycles. The summed E-state index contributed by atoms with van der Waals surface area (Å²) < 4.78 is 0. The van der Waals surface area contributed by atoms with E-state index in [0.717, 1.165) is 11.8 Å². The molecule has 1 rings (SSSR count). The smallest absolute Gasteiger partial charge is 0.0204 e. The zero-order valence-corrected chi connectivity index (χ0v) is 6.88. The molecular formula is C10H16. The second-order valence-corrected chi connectivity index (χ2v) is 3.30. The van der Waals surface area contributed by atoms with Crippen LogP contribution in [0.2, 0.25) is 0 Å². The van der Waals surface area contributed by atoms with Gasteiger partial charge in [-0.2, -0.15) is 0 Å². The van der Waals surface area contributed by atoms with Crippen molar-refractivity contribution in [1.29, 1.82) is 0 Å². The Bertz CT molecular complexity index is 140. The molecule has 1 aliphatic carbocycles. The number of allylic oxidation sites excluding steroid dienone is 4. The van der Waals surface area contributed by atoms with E-state index >= 15 is 0 Å². The van der Waals surface area contributed by atoms with Crippen LogP contribution in [0.4, 0.5) is 0 Å². The van der Waals surface area contributed by atoms with Crippen LogP contribution in [0.25, 0.3) is 0 Å². The van der Waals surface area contributed by atoms with Gasteiger partial charge in [0.05, 0.1) is 0 Å². The quantitative estimate of drug-likeness (QED) is 0.519. The van der Waals surface area contributed by atoms with Crippen LogP contribution in [0.5, 0.6) is 0 Å². The molecule has 0 nitrogen and oxygen atoms in total. The predicted octanol–water partition coefficient (Wildman–Crippen LogP) is 3.16. The van der Waals surface area contributed by atoms with Crippen molar-refractivity contribution in [2.75, 3.05) is 0 Å². The molecule has 0 saturated carbocycles. The van der Waals surface area contributed by atoms with E-state index in [4.69, 9.17) is 0 Å². The first-order valence-corrected chi connectivity index (χ1v) is 4.14. The van der Waals surface area contributed by atoms with Gasteiger partial charge in [-0.3, -0.25) is 0 Å². The molecule has 1 aliphatic rings. The van der Waals surface area contributed by atoms with Gasteiger partial charge >= 0.3 is 0 Å². The highest BCUT2D eigenvalue weighted by Crippen LogP contribution is 2.20. The lowest BCUT2D eigenvalue weighted by atomic mass is 9.92. The Kier molecular flexibility index (Phi) is 2.73. The molecule has 56 valence electrons. The highest BCUT2D eigenvalue weighted by atomic mass is 14.1. The minimum absolute atomic E-state index is 0.801. The molecule has 0 spiro atoms. The van der Waals surface area contributed by atoms with Gasteiger partial charge in [0.1, 0.15) is 0 Å². The summed E-state index contributed by atoms with van der Waals surface area (Å²) in [7, 11) is 0. The lowest BCUT2D eigenvalue weighted by molar-refractivity contribution is 0.441. The van der Waals surface area contributed by atoms with Crippen LogP contribution in [-0.4, -0.2) is 0 Å². The third-order valence-electron chi connectivity index (χ3n) is 2.13. The third kappa shape index (κ3) is 2.02. The van der Waals surface area contributed by atoms with Gasteiger partial charge in [-0.1, -0.05) is 38.2 Å². The summed E-state index contributed by atoms with van der Waals surface area (Å²) >= 11 is 0. The molecule has 10 heavy (non-hydrogen) atoms. The normalized spacial score (nSPS) is 25.3.